The topological polar surface area (TPSA) is 37.3 Å². The molecule has 74 valence electrons. The van der Waals surface area contributed by atoms with Crippen LogP contribution in [0.15, 0.2) is 24.3 Å². The van der Waals surface area contributed by atoms with Gasteiger partial charge in [-0.2, -0.15) is 0 Å². The SMILES string of the molecule is Cc1ccc(CC2(C(=O)O)CC2)cc1. The van der Waals surface area contributed by atoms with Gasteiger partial charge in [-0.25, -0.2) is 0 Å². The molecule has 1 N–H and O–H groups in total. The Morgan fingerprint density at radius 3 is 2.36 bits per heavy atom. The molecule has 2 nitrogen and oxygen atoms in total. The number of aliphatic carboxylic acids is 1. The molecule has 1 aromatic rings. The number of aryl methyl sites for hydroxylation is 1. The number of hydrogen-bond acceptors (Lipinski definition) is 1. The molecule has 0 aliphatic heterocycles. The molecule has 0 unspecified atom stereocenters. The third kappa shape index (κ3) is 1.65. The molecule has 2 rings (SSSR count). The second-order valence-corrected chi connectivity index (χ2v) is 4.25. The highest BCUT2D eigenvalue weighted by atomic mass is 16.4. The summed E-state index contributed by atoms with van der Waals surface area (Å²) >= 11 is 0. The first-order chi connectivity index (χ1) is 6.62. The van der Waals surface area contributed by atoms with Gasteiger partial charge in [-0.15, -0.1) is 0 Å². The number of rotatable bonds is 3. The summed E-state index contributed by atoms with van der Waals surface area (Å²) in [5.41, 5.74) is 1.92. The van der Waals surface area contributed by atoms with E-state index < -0.39 is 11.4 Å². The van der Waals surface area contributed by atoms with Crippen LogP contribution in [0.2, 0.25) is 0 Å². The Balaban J connectivity index is 2.11. The van der Waals surface area contributed by atoms with E-state index in [1.807, 2.05) is 31.2 Å². The molecule has 0 radical (unpaired) electrons. The summed E-state index contributed by atoms with van der Waals surface area (Å²) in [6, 6.07) is 8.12. The van der Waals surface area contributed by atoms with Crippen LogP contribution in [-0.4, -0.2) is 11.1 Å². The van der Waals surface area contributed by atoms with Crippen molar-refractivity contribution < 1.29 is 9.90 Å². The Morgan fingerprint density at radius 2 is 1.93 bits per heavy atom. The lowest BCUT2D eigenvalue weighted by Gasteiger charge is -2.09. The molecule has 1 aliphatic rings. The van der Waals surface area contributed by atoms with Gasteiger partial charge in [0, 0.05) is 0 Å². The van der Waals surface area contributed by atoms with Crippen LogP contribution in [0.1, 0.15) is 24.0 Å². The highest BCUT2D eigenvalue weighted by Crippen LogP contribution is 2.48. The van der Waals surface area contributed by atoms with Crippen molar-refractivity contribution in [1.29, 1.82) is 0 Å². The molecule has 0 amide bonds. The number of carboxylic acids is 1. The first-order valence-electron chi connectivity index (χ1n) is 4.91. The molecule has 1 aliphatic carbocycles. The molecule has 14 heavy (non-hydrogen) atoms. The maximum absolute atomic E-state index is 11.0. The predicted molar refractivity (Wildman–Crippen MR) is 54.2 cm³/mol. The van der Waals surface area contributed by atoms with Gasteiger partial charge in [0.2, 0.25) is 0 Å². The van der Waals surface area contributed by atoms with E-state index in [-0.39, 0.29) is 0 Å². The molecule has 0 spiro atoms. The van der Waals surface area contributed by atoms with E-state index in [1.54, 1.807) is 0 Å². The Bertz CT molecular complexity index is 347. The number of carboxylic acid groups (broad SMARTS) is 1. The van der Waals surface area contributed by atoms with E-state index in [0.29, 0.717) is 6.42 Å². The molecule has 0 atom stereocenters. The van der Waals surface area contributed by atoms with Crippen LogP contribution in [0.3, 0.4) is 0 Å². The van der Waals surface area contributed by atoms with Crippen molar-refractivity contribution in [2.24, 2.45) is 5.41 Å². The van der Waals surface area contributed by atoms with Gasteiger partial charge in [-0.3, -0.25) is 4.79 Å². The van der Waals surface area contributed by atoms with Gasteiger partial charge in [0.1, 0.15) is 0 Å². The number of carbonyl (C=O) groups is 1. The van der Waals surface area contributed by atoms with Crippen molar-refractivity contribution in [3.8, 4) is 0 Å². The molecule has 0 saturated heterocycles. The van der Waals surface area contributed by atoms with Crippen molar-refractivity contribution in [3.05, 3.63) is 35.4 Å². The first-order valence-corrected chi connectivity index (χ1v) is 4.91. The summed E-state index contributed by atoms with van der Waals surface area (Å²) in [5.74, 6) is -0.641. The Morgan fingerprint density at radius 1 is 1.36 bits per heavy atom. The van der Waals surface area contributed by atoms with Crippen molar-refractivity contribution >= 4 is 5.97 Å². The normalized spacial score (nSPS) is 17.8. The summed E-state index contributed by atoms with van der Waals surface area (Å²) < 4.78 is 0. The molecule has 2 heteroatoms. The monoisotopic (exact) mass is 190 g/mol. The zero-order valence-electron chi connectivity index (χ0n) is 8.29. The van der Waals surface area contributed by atoms with Gasteiger partial charge in [0.15, 0.2) is 0 Å². The lowest BCUT2D eigenvalue weighted by Crippen LogP contribution is -2.17. The average molecular weight is 190 g/mol. The van der Waals surface area contributed by atoms with Crippen LogP contribution < -0.4 is 0 Å². The van der Waals surface area contributed by atoms with Gasteiger partial charge < -0.3 is 5.11 Å². The summed E-state index contributed by atoms with van der Waals surface area (Å²) in [6.07, 6.45) is 2.34. The third-order valence-corrected chi connectivity index (χ3v) is 2.97. The van der Waals surface area contributed by atoms with Gasteiger partial charge in [-0.05, 0) is 31.7 Å². The Hall–Kier alpha value is -1.31. The smallest absolute Gasteiger partial charge is 0.309 e. The van der Waals surface area contributed by atoms with Crippen molar-refractivity contribution in [1.82, 2.24) is 0 Å². The largest absolute Gasteiger partial charge is 0.481 e. The minimum Gasteiger partial charge on any atom is -0.481 e. The van der Waals surface area contributed by atoms with Crippen LogP contribution in [0.4, 0.5) is 0 Å². The average Bonchev–Trinajstić information content (AvgIpc) is 2.90. The molecule has 1 saturated carbocycles. The summed E-state index contributed by atoms with van der Waals surface area (Å²) in [4.78, 5) is 11.0. The molecule has 1 fully saturated rings. The second kappa shape index (κ2) is 3.12. The molecular weight excluding hydrogens is 176 g/mol. The summed E-state index contributed by atoms with van der Waals surface area (Å²) in [5, 5.41) is 9.02. The number of hydrogen-bond donors (Lipinski definition) is 1. The second-order valence-electron chi connectivity index (χ2n) is 4.25. The van der Waals surface area contributed by atoms with Gasteiger partial charge in [-0.1, -0.05) is 29.8 Å². The van der Waals surface area contributed by atoms with Crippen LogP contribution in [0.5, 0.6) is 0 Å². The Kier molecular flexibility index (Phi) is 2.06. The molecule has 0 heterocycles. The van der Waals surface area contributed by atoms with Crippen LogP contribution in [0.25, 0.3) is 0 Å². The first kappa shape index (κ1) is 9.25. The molecule has 1 aromatic carbocycles. The Labute approximate surface area is 83.6 Å². The van der Waals surface area contributed by atoms with Crippen LogP contribution >= 0.6 is 0 Å². The third-order valence-electron chi connectivity index (χ3n) is 2.97. The van der Waals surface area contributed by atoms with E-state index in [2.05, 4.69) is 0 Å². The van der Waals surface area contributed by atoms with E-state index in [4.69, 9.17) is 5.11 Å². The summed E-state index contributed by atoms with van der Waals surface area (Å²) in [7, 11) is 0. The van der Waals surface area contributed by atoms with E-state index in [9.17, 15) is 4.79 Å². The predicted octanol–water partition coefficient (Wildman–Crippen LogP) is 2.40. The summed E-state index contributed by atoms with van der Waals surface area (Å²) in [6.45, 7) is 2.04. The fourth-order valence-corrected chi connectivity index (χ4v) is 1.71. The molecular formula is C12H14O2. The highest BCUT2D eigenvalue weighted by molar-refractivity contribution is 5.78. The lowest BCUT2D eigenvalue weighted by atomic mass is 9.96. The zero-order chi connectivity index (χ0) is 10.2. The number of benzene rings is 1. The quantitative estimate of drug-likeness (QED) is 0.794. The minimum atomic E-state index is -0.641. The molecule has 0 bridgehead atoms. The fourth-order valence-electron chi connectivity index (χ4n) is 1.71. The van der Waals surface area contributed by atoms with Crippen molar-refractivity contribution in [3.63, 3.8) is 0 Å². The highest BCUT2D eigenvalue weighted by Gasteiger charge is 2.49. The standard InChI is InChI=1S/C12H14O2/c1-9-2-4-10(5-3-9)8-12(6-7-12)11(13)14/h2-5H,6-8H2,1H3,(H,13,14). The van der Waals surface area contributed by atoms with E-state index in [0.717, 1.165) is 18.4 Å². The van der Waals surface area contributed by atoms with Gasteiger partial charge >= 0.3 is 5.97 Å². The molecule has 0 aromatic heterocycles. The van der Waals surface area contributed by atoms with Crippen molar-refractivity contribution in [2.45, 2.75) is 26.2 Å². The van der Waals surface area contributed by atoms with Crippen LogP contribution in [0, 0.1) is 12.3 Å². The van der Waals surface area contributed by atoms with Gasteiger partial charge in [0.05, 0.1) is 5.41 Å². The zero-order valence-corrected chi connectivity index (χ0v) is 8.29. The van der Waals surface area contributed by atoms with Gasteiger partial charge in [0.25, 0.3) is 0 Å². The minimum absolute atomic E-state index is 0.435. The lowest BCUT2D eigenvalue weighted by molar-refractivity contribution is -0.143. The maximum Gasteiger partial charge on any atom is 0.309 e. The van der Waals surface area contributed by atoms with Crippen LogP contribution in [-0.2, 0) is 11.2 Å². The van der Waals surface area contributed by atoms with E-state index in [1.165, 1.54) is 5.56 Å². The maximum atomic E-state index is 11.0. The van der Waals surface area contributed by atoms with E-state index >= 15 is 0 Å². The fraction of sp³-hybridized carbons (Fsp3) is 0.417. The van der Waals surface area contributed by atoms with Crippen molar-refractivity contribution in [2.75, 3.05) is 0 Å².